The van der Waals surface area contributed by atoms with Gasteiger partial charge in [-0.25, -0.2) is 4.79 Å². The SMILES string of the molecule is CC(C)(C)OC(N)=O.COC(=O)CC(C)(C)C1CC1. The molecule has 0 unspecified atom stereocenters. The summed E-state index contributed by atoms with van der Waals surface area (Å²) in [7, 11) is 1.45. The van der Waals surface area contributed by atoms with Gasteiger partial charge in [-0.05, 0) is 44.9 Å². The van der Waals surface area contributed by atoms with Crippen molar-refractivity contribution in [3.63, 3.8) is 0 Å². The fraction of sp³-hybridized carbons (Fsp3) is 0.857. The summed E-state index contributed by atoms with van der Waals surface area (Å²) in [6.07, 6.45) is 2.40. The Morgan fingerprint density at radius 3 is 1.84 bits per heavy atom. The van der Waals surface area contributed by atoms with E-state index in [9.17, 15) is 9.59 Å². The van der Waals surface area contributed by atoms with Crippen LogP contribution in [0.15, 0.2) is 0 Å². The maximum Gasteiger partial charge on any atom is 0.405 e. The Labute approximate surface area is 115 Å². The zero-order valence-electron chi connectivity index (χ0n) is 12.9. The predicted molar refractivity (Wildman–Crippen MR) is 73.6 cm³/mol. The molecule has 0 aromatic heterocycles. The molecule has 0 heterocycles. The van der Waals surface area contributed by atoms with Gasteiger partial charge in [0, 0.05) is 0 Å². The molecule has 1 saturated carbocycles. The molecule has 0 aliphatic heterocycles. The Bertz CT molecular complexity index is 314. The molecule has 0 bridgehead atoms. The van der Waals surface area contributed by atoms with E-state index < -0.39 is 11.7 Å². The average Bonchev–Trinajstić information content (AvgIpc) is 2.96. The van der Waals surface area contributed by atoms with Gasteiger partial charge in [0.15, 0.2) is 0 Å². The molecule has 1 aliphatic rings. The van der Waals surface area contributed by atoms with E-state index in [1.807, 2.05) is 0 Å². The lowest BCUT2D eigenvalue weighted by Crippen LogP contribution is -2.27. The Morgan fingerprint density at radius 2 is 1.63 bits per heavy atom. The van der Waals surface area contributed by atoms with Crippen molar-refractivity contribution in [2.45, 2.75) is 59.5 Å². The first kappa shape index (κ1) is 17.7. The highest BCUT2D eigenvalue weighted by molar-refractivity contribution is 5.70. The number of ether oxygens (including phenoxy) is 2. The van der Waals surface area contributed by atoms with E-state index in [4.69, 9.17) is 5.73 Å². The van der Waals surface area contributed by atoms with Crippen LogP contribution in [0.5, 0.6) is 0 Å². The molecule has 1 fully saturated rings. The summed E-state index contributed by atoms with van der Waals surface area (Å²) in [5, 5.41) is 0. The summed E-state index contributed by atoms with van der Waals surface area (Å²) in [6.45, 7) is 9.57. The first-order chi connectivity index (χ1) is 8.48. The van der Waals surface area contributed by atoms with Crippen molar-refractivity contribution in [3.8, 4) is 0 Å². The van der Waals surface area contributed by atoms with Crippen LogP contribution in [-0.4, -0.2) is 24.8 Å². The van der Waals surface area contributed by atoms with E-state index in [-0.39, 0.29) is 11.4 Å². The van der Waals surface area contributed by atoms with Gasteiger partial charge >= 0.3 is 12.1 Å². The summed E-state index contributed by atoms with van der Waals surface area (Å²) >= 11 is 0. The minimum absolute atomic E-state index is 0.0816. The number of carbonyl (C=O) groups excluding carboxylic acids is 2. The summed E-state index contributed by atoms with van der Waals surface area (Å²) in [6, 6.07) is 0. The fourth-order valence-electron chi connectivity index (χ4n) is 1.76. The summed E-state index contributed by atoms with van der Waals surface area (Å²) in [4.78, 5) is 21.0. The van der Waals surface area contributed by atoms with Crippen molar-refractivity contribution in [2.75, 3.05) is 7.11 Å². The Morgan fingerprint density at radius 1 is 1.16 bits per heavy atom. The molecule has 0 atom stereocenters. The van der Waals surface area contributed by atoms with Crippen LogP contribution < -0.4 is 5.73 Å². The van der Waals surface area contributed by atoms with Gasteiger partial charge < -0.3 is 15.2 Å². The maximum absolute atomic E-state index is 10.9. The van der Waals surface area contributed by atoms with Crippen LogP contribution in [0.25, 0.3) is 0 Å². The second-order valence-electron chi connectivity index (χ2n) is 6.55. The van der Waals surface area contributed by atoms with Crippen LogP contribution in [-0.2, 0) is 14.3 Å². The van der Waals surface area contributed by atoms with Crippen molar-refractivity contribution in [1.29, 1.82) is 0 Å². The van der Waals surface area contributed by atoms with Crippen LogP contribution in [0, 0.1) is 11.3 Å². The normalized spacial score (nSPS) is 15.1. The van der Waals surface area contributed by atoms with Gasteiger partial charge in [-0.1, -0.05) is 13.8 Å². The lowest BCUT2D eigenvalue weighted by Gasteiger charge is -2.22. The summed E-state index contributed by atoms with van der Waals surface area (Å²) in [5.41, 5.74) is 4.42. The fourth-order valence-corrected chi connectivity index (χ4v) is 1.76. The van der Waals surface area contributed by atoms with Crippen LogP contribution in [0.2, 0.25) is 0 Å². The Hall–Kier alpha value is -1.26. The number of hydrogen-bond acceptors (Lipinski definition) is 4. The van der Waals surface area contributed by atoms with Gasteiger partial charge in [0.05, 0.1) is 13.5 Å². The number of rotatable bonds is 3. The minimum atomic E-state index is -0.725. The lowest BCUT2D eigenvalue weighted by atomic mass is 9.84. The molecule has 5 nitrogen and oxygen atoms in total. The molecule has 0 saturated heterocycles. The monoisotopic (exact) mass is 273 g/mol. The average molecular weight is 273 g/mol. The topological polar surface area (TPSA) is 78.6 Å². The van der Waals surface area contributed by atoms with Crippen molar-refractivity contribution in [1.82, 2.24) is 0 Å². The number of nitrogens with two attached hydrogens (primary N) is 1. The third-order valence-corrected chi connectivity index (χ3v) is 2.92. The molecule has 0 spiro atoms. The first-order valence-electron chi connectivity index (χ1n) is 6.53. The van der Waals surface area contributed by atoms with Gasteiger partial charge in [0.1, 0.15) is 5.60 Å². The van der Waals surface area contributed by atoms with Gasteiger partial charge in [-0.15, -0.1) is 0 Å². The van der Waals surface area contributed by atoms with Gasteiger partial charge in [0.2, 0.25) is 0 Å². The van der Waals surface area contributed by atoms with Gasteiger partial charge in [0.25, 0.3) is 0 Å². The Balaban J connectivity index is 0.000000362. The number of carbonyl (C=O) groups is 2. The zero-order chi connectivity index (χ0) is 15.3. The molecular formula is C14H27NO4. The highest BCUT2D eigenvalue weighted by atomic mass is 16.6. The predicted octanol–water partition coefficient (Wildman–Crippen LogP) is 2.87. The van der Waals surface area contributed by atoms with E-state index in [1.54, 1.807) is 20.8 Å². The molecule has 112 valence electrons. The van der Waals surface area contributed by atoms with Crippen LogP contribution in [0.1, 0.15) is 53.9 Å². The minimum Gasteiger partial charge on any atom is -0.469 e. The largest absolute Gasteiger partial charge is 0.469 e. The standard InChI is InChI=1S/C9H16O2.C5H11NO2/c1-9(2,7-4-5-7)6-8(10)11-3;1-5(2,3)8-4(6)7/h7H,4-6H2,1-3H3;1-3H3,(H2,6,7). The highest BCUT2D eigenvalue weighted by Crippen LogP contribution is 2.47. The highest BCUT2D eigenvalue weighted by Gasteiger charge is 2.39. The molecule has 1 rings (SSSR count). The van der Waals surface area contributed by atoms with Crippen molar-refractivity contribution >= 4 is 12.1 Å². The van der Waals surface area contributed by atoms with Gasteiger partial charge in [-0.3, -0.25) is 4.79 Å². The Kier molecular flexibility index (Phi) is 6.33. The maximum atomic E-state index is 10.9. The molecule has 5 heteroatoms. The third-order valence-electron chi connectivity index (χ3n) is 2.92. The van der Waals surface area contributed by atoms with Crippen LogP contribution >= 0.6 is 0 Å². The first-order valence-corrected chi connectivity index (χ1v) is 6.53. The lowest BCUT2D eigenvalue weighted by molar-refractivity contribution is -0.143. The molecule has 0 aromatic rings. The molecule has 1 aliphatic carbocycles. The number of esters is 1. The number of primary amides is 1. The zero-order valence-corrected chi connectivity index (χ0v) is 12.9. The second kappa shape index (κ2) is 6.78. The van der Waals surface area contributed by atoms with E-state index in [1.165, 1.54) is 20.0 Å². The van der Waals surface area contributed by atoms with Crippen molar-refractivity contribution < 1.29 is 19.1 Å². The number of hydrogen-bond donors (Lipinski definition) is 1. The summed E-state index contributed by atoms with van der Waals surface area (Å²) < 4.78 is 9.20. The molecule has 0 aromatic carbocycles. The van der Waals surface area contributed by atoms with E-state index in [2.05, 4.69) is 23.3 Å². The third kappa shape index (κ3) is 9.33. The summed E-state index contributed by atoms with van der Waals surface area (Å²) in [5.74, 6) is 0.670. The number of methoxy groups -OCH3 is 1. The molecule has 2 N–H and O–H groups in total. The van der Waals surface area contributed by atoms with Crippen molar-refractivity contribution in [3.05, 3.63) is 0 Å². The second-order valence-corrected chi connectivity index (χ2v) is 6.55. The van der Waals surface area contributed by atoms with Gasteiger partial charge in [-0.2, -0.15) is 0 Å². The van der Waals surface area contributed by atoms with Crippen molar-refractivity contribution in [2.24, 2.45) is 17.1 Å². The van der Waals surface area contributed by atoms with Crippen LogP contribution in [0.4, 0.5) is 4.79 Å². The van der Waals surface area contributed by atoms with E-state index in [0.717, 1.165) is 5.92 Å². The number of amides is 1. The van der Waals surface area contributed by atoms with E-state index >= 15 is 0 Å². The molecule has 1 amide bonds. The smallest absolute Gasteiger partial charge is 0.405 e. The van der Waals surface area contributed by atoms with Crippen LogP contribution in [0.3, 0.4) is 0 Å². The molecule has 19 heavy (non-hydrogen) atoms. The molecular weight excluding hydrogens is 246 g/mol. The molecule has 0 radical (unpaired) electrons. The quantitative estimate of drug-likeness (QED) is 0.802. The van der Waals surface area contributed by atoms with E-state index in [0.29, 0.717) is 6.42 Å².